The Morgan fingerprint density at radius 1 is 1.38 bits per heavy atom. The van der Waals surface area contributed by atoms with E-state index in [1.54, 1.807) is 6.92 Å². The third-order valence-corrected chi connectivity index (χ3v) is 2.09. The second-order valence-corrected chi connectivity index (χ2v) is 4.24. The summed E-state index contributed by atoms with van der Waals surface area (Å²) in [5.74, 6) is -0.112. The lowest BCUT2D eigenvalue weighted by Crippen LogP contribution is -2.36. The first-order valence-corrected chi connectivity index (χ1v) is 5.69. The van der Waals surface area contributed by atoms with Crippen molar-refractivity contribution in [3.63, 3.8) is 0 Å². The molecule has 0 aromatic heterocycles. The van der Waals surface area contributed by atoms with Crippen molar-refractivity contribution in [2.45, 2.75) is 13.3 Å². The Kier molecular flexibility index (Phi) is 5.40. The lowest BCUT2D eigenvalue weighted by Gasteiger charge is -2.04. The lowest BCUT2D eigenvalue weighted by atomic mass is 10.5. The van der Waals surface area contributed by atoms with Gasteiger partial charge in [-0.25, -0.2) is 18.4 Å². The Bertz CT molecular complexity index is 250. The second-order valence-electron chi connectivity index (χ2n) is 2.51. The number of carbonyl (C=O) groups excluding carboxylic acids is 1. The van der Waals surface area contributed by atoms with Gasteiger partial charge in [0.2, 0.25) is 10.0 Å². The van der Waals surface area contributed by atoms with E-state index >= 15 is 0 Å². The predicted octanol–water partition coefficient (Wildman–Crippen LogP) is -1.02. The zero-order valence-electron chi connectivity index (χ0n) is 7.54. The topological polar surface area (TPSA) is 101 Å². The van der Waals surface area contributed by atoms with Crippen molar-refractivity contribution >= 4 is 16.1 Å². The quantitative estimate of drug-likeness (QED) is 0.505. The molecule has 0 radical (unpaired) electrons. The first-order valence-electron chi connectivity index (χ1n) is 3.98. The summed E-state index contributed by atoms with van der Waals surface area (Å²) in [6, 6.07) is -0.295. The third-order valence-electron chi connectivity index (χ3n) is 1.23. The summed E-state index contributed by atoms with van der Waals surface area (Å²) in [7, 11) is -3.41. The van der Waals surface area contributed by atoms with Crippen LogP contribution in [0.3, 0.4) is 0 Å². The van der Waals surface area contributed by atoms with Crippen molar-refractivity contribution in [2.75, 3.05) is 18.8 Å². The maximum Gasteiger partial charge on any atom is 0.314 e. The van der Waals surface area contributed by atoms with Crippen LogP contribution in [0.5, 0.6) is 0 Å². The molecule has 0 rings (SSSR count). The van der Waals surface area contributed by atoms with E-state index in [-0.39, 0.29) is 11.8 Å². The maximum atomic E-state index is 10.8. The van der Waals surface area contributed by atoms with Crippen molar-refractivity contribution in [1.29, 1.82) is 0 Å². The molecule has 7 heteroatoms. The van der Waals surface area contributed by atoms with Gasteiger partial charge < -0.3 is 10.6 Å². The number of urea groups is 1. The normalized spacial score (nSPS) is 10.9. The molecule has 0 atom stereocenters. The van der Waals surface area contributed by atoms with E-state index in [1.165, 1.54) is 0 Å². The Labute approximate surface area is 77.9 Å². The van der Waals surface area contributed by atoms with Crippen LogP contribution in [-0.2, 0) is 10.0 Å². The Balaban J connectivity index is 3.41. The van der Waals surface area contributed by atoms with Gasteiger partial charge in [0, 0.05) is 13.1 Å². The number of primary sulfonamides is 1. The van der Waals surface area contributed by atoms with Crippen LogP contribution in [0.25, 0.3) is 0 Å². The van der Waals surface area contributed by atoms with Gasteiger partial charge in [-0.1, -0.05) is 0 Å². The molecule has 78 valence electrons. The van der Waals surface area contributed by atoms with Crippen LogP contribution < -0.4 is 15.8 Å². The SMILES string of the molecule is CCNC(=O)NCCCS(N)(=O)=O. The molecule has 2 amide bonds. The van der Waals surface area contributed by atoms with E-state index in [0.29, 0.717) is 19.5 Å². The first-order chi connectivity index (χ1) is 5.95. The summed E-state index contributed by atoms with van der Waals surface area (Å²) in [5, 5.41) is 9.75. The fourth-order valence-corrected chi connectivity index (χ4v) is 1.25. The van der Waals surface area contributed by atoms with Gasteiger partial charge in [-0.15, -0.1) is 0 Å². The van der Waals surface area contributed by atoms with E-state index in [1.807, 2.05) is 0 Å². The molecule has 0 saturated heterocycles. The highest BCUT2D eigenvalue weighted by Gasteiger charge is 2.02. The summed E-state index contributed by atoms with van der Waals surface area (Å²) < 4.78 is 20.9. The molecule has 0 saturated carbocycles. The molecule has 0 aliphatic heterocycles. The molecule has 0 aliphatic rings. The standard InChI is InChI=1S/C6H15N3O3S/c1-2-8-6(10)9-4-3-5-13(7,11)12/h2-5H2,1H3,(H2,7,11,12)(H2,8,9,10). The maximum absolute atomic E-state index is 10.8. The number of hydrogen-bond acceptors (Lipinski definition) is 3. The van der Waals surface area contributed by atoms with Crippen molar-refractivity contribution in [3.8, 4) is 0 Å². The van der Waals surface area contributed by atoms with Gasteiger partial charge in [0.05, 0.1) is 5.75 Å². The minimum Gasteiger partial charge on any atom is -0.338 e. The highest BCUT2D eigenvalue weighted by molar-refractivity contribution is 7.89. The number of nitrogens with one attached hydrogen (secondary N) is 2. The fourth-order valence-electron chi connectivity index (χ4n) is 0.698. The number of nitrogens with two attached hydrogens (primary N) is 1. The largest absolute Gasteiger partial charge is 0.338 e. The molecule has 0 aromatic rings. The van der Waals surface area contributed by atoms with Crippen LogP contribution in [0.1, 0.15) is 13.3 Å². The molecule has 0 spiro atoms. The zero-order valence-corrected chi connectivity index (χ0v) is 8.36. The number of amides is 2. The van der Waals surface area contributed by atoms with Gasteiger partial charge in [0.15, 0.2) is 0 Å². The summed E-state index contributed by atoms with van der Waals surface area (Å²) in [4.78, 5) is 10.8. The molecule has 0 heterocycles. The van der Waals surface area contributed by atoms with Crippen molar-refractivity contribution < 1.29 is 13.2 Å². The summed E-state index contributed by atoms with van der Waals surface area (Å²) >= 11 is 0. The van der Waals surface area contributed by atoms with Crippen molar-refractivity contribution in [2.24, 2.45) is 5.14 Å². The van der Waals surface area contributed by atoms with Crippen LogP contribution in [0.15, 0.2) is 0 Å². The molecule has 6 nitrogen and oxygen atoms in total. The number of sulfonamides is 1. The first kappa shape index (κ1) is 12.2. The molecule has 13 heavy (non-hydrogen) atoms. The summed E-state index contributed by atoms with van der Waals surface area (Å²) in [5.41, 5.74) is 0. The van der Waals surface area contributed by atoms with Gasteiger partial charge in [0.1, 0.15) is 0 Å². The molecule has 0 fully saturated rings. The molecule has 0 aromatic carbocycles. The monoisotopic (exact) mass is 209 g/mol. The zero-order chi connectivity index (χ0) is 10.3. The third kappa shape index (κ3) is 9.09. The van der Waals surface area contributed by atoms with Gasteiger partial charge in [-0.05, 0) is 13.3 Å². The van der Waals surface area contributed by atoms with Gasteiger partial charge in [-0.2, -0.15) is 0 Å². The van der Waals surface area contributed by atoms with E-state index in [4.69, 9.17) is 5.14 Å². The summed E-state index contributed by atoms with van der Waals surface area (Å²) in [6.07, 6.45) is 0.329. The van der Waals surface area contributed by atoms with E-state index in [0.717, 1.165) is 0 Å². The van der Waals surface area contributed by atoms with E-state index in [9.17, 15) is 13.2 Å². The molecule has 0 bridgehead atoms. The van der Waals surface area contributed by atoms with Crippen LogP contribution in [0, 0.1) is 0 Å². The van der Waals surface area contributed by atoms with Crippen LogP contribution in [-0.4, -0.2) is 33.3 Å². The lowest BCUT2D eigenvalue weighted by molar-refractivity contribution is 0.241. The van der Waals surface area contributed by atoms with E-state index < -0.39 is 10.0 Å². The molecule has 0 unspecified atom stereocenters. The molecule has 4 N–H and O–H groups in total. The Hall–Kier alpha value is -0.820. The van der Waals surface area contributed by atoms with Gasteiger partial charge in [0.25, 0.3) is 0 Å². The average molecular weight is 209 g/mol. The van der Waals surface area contributed by atoms with E-state index in [2.05, 4.69) is 10.6 Å². The molecule has 0 aliphatic carbocycles. The minimum atomic E-state index is -3.41. The predicted molar refractivity (Wildman–Crippen MR) is 49.7 cm³/mol. The number of rotatable bonds is 5. The fraction of sp³-hybridized carbons (Fsp3) is 0.833. The number of hydrogen-bond donors (Lipinski definition) is 3. The van der Waals surface area contributed by atoms with Crippen LogP contribution in [0.2, 0.25) is 0 Å². The van der Waals surface area contributed by atoms with Crippen molar-refractivity contribution in [3.05, 3.63) is 0 Å². The molecular formula is C6H15N3O3S. The number of carbonyl (C=O) groups is 1. The van der Waals surface area contributed by atoms with Crippen LogP contribution >= 0.6 is 0 Å². The Morgan fingerprint density at radius 2 is 2.00 bits per heavy atom. The van der Waals surface area contributed by atoms with Crippen molar-refractivity contribution in [1.82, 2.24) is 10.6 Å². The highest BCUT2D eigenvalue weighted by atomic mass is 32.2. The van der Waals surface area contributed by atoms with Gasteiger partial charge in [-0.3, -0.25) is 0 Å². The summed E-state index contributed by atoms with van der Waals surface area (Å²) in [6.45, 7) is 2.65. The van der Waals surface area contributed by atoms with Crippen LogP contribution in [0.4, 0.5) is 4.79 Å². The smallest absolute Gasteiger partial charge is 0.314 e. The highest BCUT2D eigenvalue weighted by Crippen LogP contribution is 1.82. The Morgan fingerprint density at radius 3 is 2.46 bits per heavy atom. The molecular weight excluding hydrogens is 194 g/mol. The van der Waals surface area contributed by atoms with Gasteiger partial charge >= 0.3 is 6.03 Å². The second kappa shape index (κ2) is 5.76. The average Bonchev–Trinajstić information content (AvgIpc) is 1.97. The minimum absolute atomic E-state index is 0.112.